The summed E-state index contributed by atoms with van der Waals surface area (Å²) < 4.78 is 380. The van der Waals surface area contributed by atoms with Crippen molar-refractivity contribution < 1.29 is 143 Å². The van der Waals surface area contributed by atoms with Crippen LogP contribution in [0.2, 0.25) is 0 Å². The number of aliphatic hydroxyl groups is 1. The summed E-state index contributed by atoms with van der Waals surface area (Å²) in [5, 5.41) is 10.1. The van der Waals surface area contributed by atoms with Gasteiger partial charge in [-0.2, -0.15) is 119 Å². The van der Waals surface area contributed by atoms with Crippen LogP contribution in [0.3, 0.4) is 0 Å². The number of nitrogens with zero attached hydrogens (tertiary/aromatic N) is 2. The second kappa shape index (κ2) is 20.6. The van der Waals surface area contributed by atoms with Gasteiger partial charge in [-0.1, -0.05) is 39.0 Å². The van der Waals surface area contributed by atoms with Crippen molar-refractivity contribution in [2.45, 2.75) is 136 Å². The van der Waals surface area contributed by atoms with Crippen LogP contribution in [0.1, 0.15) is 51.0 Å². The van der Waals surface area contributed by atoms with Crippen molar-refractivity contribution in [2.75, 3.05) is 19.8 Å². The molecule has 1 aromatic carbocycles. The lowest BCUT2D eigenvalue weighted by Gasteiger charge is -2.43. The van der Waals surface area contributed by atoms with E-state index in [1.807, 2.05) is 6.92 Å². The number of hydrogen-bond acceptors (Lipinski definition) is 7. The van der Waals surface area contributed by atoms with E-state index in [2.05, 4.69) is 14.7 Å². The maximum absolute atomic E-state index is 14.4. The number of aliphatic hydroxyl groups excluding tert-OH is 1. The standard InChI is InChI=1S/C35H31F27N2O5/c1-2-3-4-5-6-7-9-18-14-19(22-63-12-8-13-64-22)10-11-21(18)67-16-20(65)15-66-17-23(36,37)24(38,39)25(40,41)26(42,43)27(44,45)29(48,49)32(55,56)68-34(59,60)35(61,62)69-33(57,58)30(50,51)28(46,47)31(52,53)54/h8,10-14,20,65H,2-7,9,15-17H2,1H3. The average molecular weight is 1070 g/mol. The number of benzene rings is 1. The van der Waals surface area contributed by atoms with Crippen LogP contribution in [0.5, 0.6) is 5.75 Å². The van der Waals surface area contributed by atoms with Crippen molar-refractivity contribution in [1.82, 2.24) is 9.97 Å². The largest absolute Gasteiger partial charge is 0.491 e. The van der Waals surface area contributed by atoms with Crippen LogP contribution in [-0.4, -0.2) is 119 Å². The highest BCUT2D eigenvalue weighted by Gasteiger charge is 2.94. The number of aromatic nitrogens is 2. The molecule has 1 heterocycles. The average Bonchev–Trinajstić information content (AvgIpc) is 3.20. The van der Waals surface area contributed by atoms with Crippen molar-refractivity contribution in [2.24, 2.45) is 0 Å². The summed E-state index contributed by atoms with van der Waals surface area (Å²) in [6, 6.07) is 5.71. The van der Waals surface area contributed by atoms with Crippen molar-refractivity contribution >= 4 is 0 Å². The molecule has 1 aromatic heterocycles. The Balaban J connectivity index is 2.29. The van der Waals surface area contributed by atoms with Crippen LogP contribution in [-0.2, 0) is 20.6 Å². The van der Waals surface area contributed by atoms with Crippen LogP contribution in [0.4, 0.5) is 119 Å². The molecule has 34 heteroatoms. The fourth-order valence-electron chi connectivity index (χ4n) is 5.18. The summed E-state index contributed by atoms with van der Waals surface area (Å²) in [5.74, 6) is -68.5. The molecule has 1 N–H and O–H groups in total. The number of ether oxygens (including phenoxy) is 4. The normalized spacial score (nSPS) is 15.4. The van der Waals surface area contributed by atoms with Crippen molar-refractivity contribution in [3.8, 4) is 17.1 Å². The van der Waals surface area contributed by atoms with Crippen LogP contribution in [0, 0.1) is 0 Å². The van der Waals surface area contributed by atoms with E-state index in [0.29, 0.717) is 24.0 Å². The quantitative estimate of drug-likeness (QED) is 0.0671. The molecular weight excluding hydrogens is 1040 g/mol. The smallest absolute Gasteiger partial charge is 0.460 e. The molecule has 0 bridgehead atoms. The summed E-state index contributed by atoms with van der Waals surface area (Å²) in [7, 11) is 0. The second-order valence-electron chi connectivity index (χ2n) is 14.4. The molecule has 0 spiro atoms. The van der Waals surface area contributed by atoms with Gasteiger partial charge in [0, 0.05) is 18.0 Å². The molecule has 0 fully saturated rings. The van der Waals surface area contributed by atoms with Crippen LogP contribution in [0.25, 0.3) is 11.4 Å². The predicted octanol–water partition coefficient (Wildman–Crippen LogP) is 12.9. The van der Waals surface area contributed by atoms with Gasteiger partial charge in [0.15, 0.2) is 5.82 Å². The molecule has 0 radical (unpaired) electrons. The molecule has 0 saturated carbocycles. The predicted molar refractivity (Wildman–Crippen MR) is 174 cm³/mol. The molecule has 0 amide bonds. The number of hydrogen-bond donors (Lipinski definition) is 1. The first-order valence-corrected chi connectivity index (χ1v) is 18.6. The topological polar surface area (TPSA) is 82.9 Å². The minimum atomic E-state index is -9.29. The van der Waals surface area contributed by atoms with Gasteiger partial charge in [0.2, 0.25) is 0 Å². The Morgan fingerprint density at radius 1 is 0.507 bits per heavy atom. The van der Waals surface area contributed by atoms with Crippen LogP contribution < -0.4 is 4.74 Å². The Morgan fingerprint density at radius 2 is 0.942 bits per heavy atom. The van der Waals surface area contributed by atoms with Gasteiger partial charge < -0.3 is 14.6 Å². The zero-order valence-corrected chi connectivity index (χ0v) is 33.8. The summed E-state index contributed by atoms with van der Waals surface area (Å²) >= 11 is 0. The van der Waals surface area contributed by atoms with Crippen molar-refractivity contribution in [3.63, 3.8) is 0 Å². The summed E-state index contributed by atoms with van der Waals surface area (Å²) in [6.07, 6.45) is -36.7. The maximum Gasteiger partial charge on any atom is 0.460 e. The van der Waals surface area contributed by atoms with Gasteiger partial charge in [0.1, 0.15) is 25.1 Å². The molecule has 7 nitrogen and oxygen atoms in total. The zero-order valence-electron chi connectivity index (χ0n) is 33.8. The molecule has 1 unspecified atom stereocenters. The second-order valence-corrected chi connectivity index (χ2v) is 14.4. The van der Waals surface area contributed by atoms with Gasteiger partial charge in [-0.05, 0) is 42.7 Å². The molecule has 400 valence electrons. The lowest BCUT2D eigenvalue weighted by atomic mass is 9.91. The van der Waals surface area contributed by atoms with E-state index in [1.54, 1.807) is 0 Å². The van der Waals surface area contributed by atoms with Crippen LogP contribution >= 0.6 is 0 Å². The zero-order chi connectivity index (χ0) is 53.9. The van der Waals surface area contributed by atoms with E-state index in [0.717, 1.165) is 35.2 Å². The van der Waals surface area contributed by atoms with Crippen LogP contribution in [0.15, 0.2) is 36.7 Å². The number of halogens is 27. The number of alkyl halides is 27. The molecule has 0 aliphatic rings. The fourth-order valence-corrected chi connectivity index (χ4v) is 5.18. The van der Waals surface area contributed by atoms with Gasteiger partial charge in [-0.25, -0.2) is 19.4 Å². The van der Waals surface area contributed by atoms with E-state index < -0.39 is 104 Å². The molecular formula is C35H31F27N2O5. The highest BCUT2D eigenvalue weighted by molar-refractivity contribution is 5.58. The third-order valence-electron chi connectivity index (χ3n) is 9.08. The third kappa shape index (κ3) is 12.1. The third-order valence-corrected chi connectivity index (χ3v) is 9.08. The number of rotatable bonds is 28. The molecule has 2 aromatic rings. The van der Waals surface area contributed by atoms with Gasteiger partial charge in [-0.15, -0.1) is 0 Å². The Bertz CT molecular complexity index is 1970. The van der Waals surface area contributed by atoms with Crippen molar-refractivity contribution in [3.05, 3.63) is 42.2 Å². The van der Waals surface area contributed by atoms with E-state index in [4.69, 9.17) is 4.74 Å². The Morgan fingerprint density at radius 3 is 1.42 bits per heavy atom. The first-order valence-electron chi connectivity index (χ1n) is 18.6. The molecule has 2 rings (SSSR count). The highest BCUT2D eigenvalue weighted by atomic mass is 19.4. The number of unbranched alkanes of at least 4 members (excludes halogenated alkanes) is 5. The molecule has 0 aliphatic heterocycles. The van der Waals surface area contributed by atoms with Gasteiger partial charge >= 0.3 is 78.0 Å². The van der Waals surface area contributed by atoms with E-state index >= 15 is 0 Å². The molecule has 0 aliphatic carbocycles. The molecule has 1 atom stereocenters. The van der Waals surface area contributed by atoms with Crippen molar-refractivity contribution in [1.29, 1.82) is 0 Å². The lowest BCUT2D eigenvalue weighted by molar-refractivity contribution is -0.559. The van der Waals surface area contributed by atoms with Gasteiger partial charge in [0.05, 0.1) is 6.61 Å². The Hall–Kier alpha value is -3.95. The minimum absolute atomic E-state index is 0.0288. The maximum atomic E-state index is 14.4. The van der Waals surface area contributed by atoms with E-state index in [1.165, 1.54) is 36.7 Å². The van der Waals surface area contributed by atoms with E-state index in [9.17, 15) is 124 Å². The fraction of sp³-hybridized carbons (Fsp3) is 0.714. The lowest BCUT2D eigenvalue weighted by Crippen LogP contribution is -2.74. The van der Waals surface area contributed by atoms with Gasteiger partial charge in [-0.3, -0.25) is 0 Å². The highest BCUT2D eigenvalue weighted by Crippen LogP contribution is 2.63. The SMILES string of the molecule is CCCCCCCCc1cc(-c2ncccn2)ccc1OCC(O)COCC(F)(F)C(F)(F)C(F)(F)C(F)(F)C(F)(F)C(F)(F)C(F)(F)OC(F)(F)C(F)(F)OC(F)(F)C(F)(F)C(F)(F)C(F)(F)F. The Labute approximate surface area is 368 Å². The summed E-state index contributed by atoms with van der Waals surface area (Å²) in [5.41, 5.74) is 0.845. The molecule has 69 heavy (non-hydrogen) atoms. The first kappa shape index (κ1) is 61.2. The van der Waals surface area contributed by atoms with Gasteiger partial charge in [0.25, 0.3) is 0 Å². The number of aryl methyl sites for hydroxylation is 1. The Kier molecular flexibility index (Phi) is 18.3. The summed E-state index contributed by atoms with van der Waals surface area (Å²) in [6.45, 7) is -4.20. The monoisotopic (exact) mass is 1070 g/mol. The van der Waals surface area contributed by atoms with E-state index in [-0.39, 0.29) is 18.0 Å². The molecule has 0 saturated heterocycles. The minimum Gasteiger partial charge on any atom is -0.491 e. The summed E-state index contributed by atoms with van der Waals surface area (Å²) in [4.78, 5) is 8.11. The first-order chi connectivity index (χ1) is 30.8.